The molecular weight excluding hydrogens is 408 g/mol. The lowest BCUT2D eigenvalue weighted by molar-refractivity contribution is 0.00573. The summed E-state index contributed by atoms with van der Waals surface area (Å²) >= 11 is 0. The molecule has 7 nitrogen and oxygen atoms in total. The summed E-state index contributed by atoms with van der Waals surface area (Å²) in [7, 11) is 0. The number of nitrogens with zero attached hydrogens (tertiary/aromatic N) is 3. The van der Waals surface area contributed by atoms with E-state index in [0.717, 1.165) is 22.9 Å². The summed E-state index contributed by atoms with van der Waals surface area (Å²) in [4.78, 5) is 24.1. The summed E-state index contributed by atoms with van der Waals surface area (Å²) in [5.74, 6) is -1.50. The molecule has 1 aromatic carbocycles. The predicted molar refractivity (Wildman–Crippen MR) is 107 cm³/mol. The SMILES string of the molecule is CCOC(=O)c1cn(Cc2ccc(Cn3cc(F)ccc3=O)c(F)c2)nc1C1COC1. The highest BCUT2D eigenvalue weighted by atomic mass is 19.1. The zero-order chi connectivity index (χ0) is 22.0. The average molecular weight is 429 g/mol. The van der Waals surface area contributed by atoms with Crippen LogP contribution in [0.1, 0.15) is 40.0 Å². The van der Waals surface area contributed by atoms with Crippen LogP contribution in [0.25, 0.3) is 0 Å². The minimum absolute atomic E-state index is 0.0318. The third-order valence-electron chi connectivity index (χ3n) is 5.06. The van der Waals surface area contributed by atoms with Crippen LogP contribution in [0.15, 0.2) is 47.5 Å². The lowest BCUT2D eigenvalue weighted by Crippen LogP contribution is -2.27. The summed E-state index contributed by atoms with van der Waals surface area (Å²) < 4.78 is 41.0. The molecule has 31 heavy (non-hydrogen) atoms. The van der Waals surface area contributed by atoms with Gasteiger partial charge in [-0.2, -0.15) is 5.10 Å². The lowest BCUT2D eigenvalue weighted by Gasteiger charge is -2.24. The van der Waals surface area contributed by atoms with Gasteiger partial charge in [0, 0.05) is 24.0 Å². The van der Waals surface area contributed by atoms with Crippen LogP contribution in [0.2, 0.25) is 0 Å². The smallest absolute Gasteiger partial charge is 0.341 e. The molecule has 0 aliphatic carbocycles. The van der Waals surface area contributed by atoms with E-state index in [1.807, 2.05) is 0 Å². The highest BCUT2D eigenvalue weighted by Gasteiger charge is 2.29. The van der Waals surface area contributed by atoms with Gasteiger partial charge in [0.25, 0.3) is 5.56 Å². The number of halogens is 2. The molecule has 0 spiro atoms. The molecule has 0 amide bonds. The lowest BCUT2D eigenvalue weighted by atomic mass is 10.0. The van der Waals surface area contributed by atoms with Crippen LogP contribution in [0.4, 0.5) is 8.78 Å². The molecule has 0 N–H and O–H groups in total. The maximum atomic E-state index is 14.6. The summed E-state index contributed by atoms with van der Waals surface area (Å²) in [5, 5.41) is 4.50. The minimum atomic E-state index is -0.569. The first-order chi connectivity index (χ1) is 14.9. The molecule has 2 aromatic heterocycles. The minimum Gasteiger partial charge on any atom is -0.462 e. The van der Waals surface area contributed by atoms with Gasteiger partial charge in [0.1, 0.15) is 17.2 Å². The normalized spacial score (nSPS) is 13.8. The topological polar surface area (TPSA) is 75.4 Å². The van der Waals surface area contributed by atoms with Crippen LogP contribution in [-0.4, -0.2) is 40.1 Å². The third kappa shape index (κ3) is 4.56. The third-order valence-corrected chi connectivity index (χ3v) is 5.06. The first kappa shape index (κ1) is 20.9. The van der Waals surface area contributed by atoms with Crippen molar-refractivity contribution in [3.8, 4) is 0 Å². The number of hydrogen-bond donors (Lipinski definition) is 0. The Morgan fingerprint density at radius 1 is 1.19 bits per heavy atom. The zero-order valence-corrected chi connectivity index (χ0v) is 16.9. The zero-order valence-electron chi connectivity index (χ0n) is 16.9. The van der Waals surface area contributed by atoms with Gasteiger partial charge in [-0.1, -0.05) is 12.1 Å². The number of rotatable bonds is 7. The van der Waals surface area contributed by atoms with Gasteiger partial charge >= 0.3 is 5.97 Å². The van der Waals surface area contributed by atoms with E-state index in [9.17, 15) is 18.4 Å². The standard InChI is InChI=1S/C22H21F2N3O4/c1-2-31-22(29)18-11-27(25-21(18)16-12-30-13-16)8-14-3-4-15(19(24)7-14)9-26-10-17(23)5-6-20(26)28/h3-7,10-11,16H,2,8-9,12-13H2,1H3. The van der Waals surface area contributed by atoms with E-state index in [1.165, 1.54) is 6.07 Å². The molecule has 1 aliphatic heterocycles. The van der Waals surface area contributed by atoms with Crippen LogP contribution in [0.3, 0.4) is 0 Å². The maximum absolute atomic E-state index is 14.6. The number of esters is 1. The van der Waals surface area contributed by atoms with E-state index >= 15 is 0 Å². The number of benzene rings is 1. The van der Waals surface area contributed by atoms with Gasteiger partial charge in [-0.3, -0.25) is 9.48 Å². The second-order valence-electron chi connectivity index (χ2n) is 7.32. The van der Waals surface area contributed by atoms with E-state index in [4.69, 9.17) is 9.47 Å². The van der Waals surface area contributed by atoms with Crippen molar-refractivity contribution in [2.75, 3.05) is 19.8 Å². The number of pyridine rings is 1. The molecule has 0 saturated carbocycles. The van der Waals surface area contributed by atoms with Crippen LogP contribution >= 0.6 is 0 Å². The van der Waals surface area contributed by atoms with Gasteiger partial charge < -0.3 is 14.0 Å². The Hall–Kier alpha value is -3.33. The molecule has 3 aromatic rings. The van der Waals surface area contributed by atoms with E-state index in [0.29, 0.717) is 30.0 Å². The van der Waals surface area contributed by atoms with Gasteiger partial charge in [0.2, 0.25) is 0 Å². The van der Waals surface area contributed by atoms with Crippen molar-refractivity contribution in [2.45, 2.75) is 25.9 Å². The summed E-state index contributed by atoms with van der Waals surface area (Å²) in [6, 6.07) is 6.78. The number of hydrogen-bond acceptors (Lipinski definition) is 5. The highest BCUT2D eigenvalue weighted by Crippen LogP contribution is 2.26. The molecule has 1 fully saturated rings. The summed E-state index contributed by atoms with van der Waals surface area (Å²) in [5.41, 5.74) is 1.48. The Kier molecular flexibility index (Phi) is 5.94. The van der Waals surface area contributed by atoms with Crippen molar-refractivity contribution in [1.82, 2.24) is 14.3 Å². The number of ether oxygens (including phenoxy) is 2. The Balaban J connectivity index is 1.54. The average Bonchev–Trinajstić information content (AvgIpc) is 3.08. The maximum Gasteiger partial charge on any atom is 0.341 e. The Bertz CT molecular complexity index is 1170. The largest absolute Gasteiger partial charge is 0.462 e. The van der Waals surface area contributed by atoms with Crippen molar-refractivity contribution in [1.29, 1.82) is 0 Å². The predicted octanol–water partition coefficient (Wildman–Crippen LogP) is 2.71. The molecule has 0 bridgehead atoms. The van der Waals surface area contributed by atoms with E-state index in [2.05, 4.69) is 5.10 Å². The summed E-state index contributed by atoms with van der Waals surface area (Å²) in [6.45, 7) is 3.14. The quantitative estimate of drug-likeness (QED) is 0.540. The fourth-order valence-electron chi connectivity index (χ4n) is 3.39. The number of aromatic nitrogens is 3. The molecule has 0 atom stereocenters. The van der Waals surface area contributed by atoms with E-state index in [1.54, 1.807) is 29.9 Å². The second-order valence-corrected chi connectivity index (χ2v) is 7.32. The van der Waals surface area contributed by atoms with E-state index < -0.39 is 23.2 Å². The Morgan fingerprint density at radius 2 is 2.00 bits per heavy atom. The van der Waals surface area contributed by atoms with Crippen molar-refractivity contribution in [3.63, 3.8) is 0 Å². The van der Waals surface area contributed by atoms with Crippen LogP contribution in [0.5, 0.6) is 0 Å². The molecular formula is C22H21F2N3O4. The fourth-order valence-corrected chi connectivity index (χ4v) is 3.39. The van der Waals surface area contributed by atoms with Crippen molar-refractivity contribution >= 4 is 5.97 Å². The first-order valence-corrected chi connectivity index (χ1v) is 9.90. The molecule has 1 aliphatic rings. The van der Waals surface area contributed by atoms with Crippen LogP contribution in [0, 0.1) is 11.6 Å². The first-order valence-electron chi connectivity index (χ1n) is 9.90. The number of carbonyl (C=O) groups is 1. The van der Waals surface area contributed by atoms with Gasteiger partial charge in [-0.15, -0.1) is 0 Å². The molecule has 162 valence electrons. The van der Waals surface area contributed by atoms with Gasteiger partial charge in [-0.05, 0) is 24.6 Å². The molecule has 0 radical (unpaired) electrons. The molecule has 0 unspecified atom stereocenters. The molecule has 9 heteroatoms. The van der Waals surface area contributed by atoms with Crippen LogP contribution < -0.4 is 5.56 Å². The highest BCUT2D eigenvalue weighted by molar-refractivity contribution is 5.90. The van der Waals surface area contributed by atoms with Crippen molar-refractivity contribution in [3.05, 3.63) is 87.1 Å². The molecule has 1 saturated heterocycles. The van der Waals surface area contributed by atoms with Gasteiger partial charge in [-0.25, -0.2) is 13.6 Å². The monoisotopic (exact) mass is 429 g/mol. The van der Waals surface area contributed by atoms with Crippen molar-refractivity contribution in [2.24, 2.45) is 0 Å². The van der Waals surface area contributed by atoms with Gasteiger partial charge in [0.15, 0.2) is 0 Å². The Morgan fingerprint density at radius 3 is 2.68 bits per heavy atom. The van der Waals surface area contributed by atoms with Crippen molar-refractivity contribution < 1.29 is 23.0 Å². The summed E-state index contributed by atoms with van der Waals surface area (Å²) in [6.07, 6.45) is 2.64. The fraction of sp³-hybridized carbons (Fsp3) is 0.318. The number of carbonyl (C=O) groups excluding carboxylic acids is 1. The van der Waals surface area contributed by atoms with Crippen LogP contribution in [-0.2, 0) is 22.6 Å². The van der Waals surface area contributed by atoms with Gasteiger partial charge in [0.05, 0.1) is 44.5 Å². The Labute approximate surface area is 176 Å². The molecule has 4 rings (SSSR count). The molecule has 3 heterocycles. The van der Waals surface area contributed by atoms with E-state index in [-0.39, 0.29) is 31.2 Å². The second kappa shape index (κ2) is 8.81.